The van der Waals surface area contributed by atoms with Crippen molar-refractivity contribution in [2.45, 2.75) is 39.0 Å². The summed E-state index contributed by atoms with van der Waals surface area (Å²) in [6, 6.07) is 46.7. The van der Waals surface area contributed by atoms with Gasteiger partial charge in [-0.1, -0.05) is 121 Å². The third-order valence-electron chi connectivity index (χ3n) is 10.0. The van der Waals surface area contributed by atoms with Gasteiger partial charge in [-0.15, -0.1) is 0 Å². The summed E-state index contributed by atoms with van der Waals surface area (Å²) in [6.07, 6.45) is 10.7. The Morgan fingerprint density at radius 1 is 0.641 bits per heavy atom. The summed E-state index contributed by atoms with van der Waals surface area (Å²) in [5.74, 6) is 1.15. The second-order valence-corrected chi connectivity index (χ2v) is 14.5. The average molecular weight is 850 g/mol. The lowest BCUT2D eigenvalue weighted by Gasteiger charge is -2.15. The molecule has 320 valence electrons. The van der Waals surface area contributed by atoms with Crippen LogP contribution in [0, 0.1) is 0 Å². The smallest absolute Gasteiger partial charge is 0.359 e. The maximum Gasteiger partial charge on any atom is 0.359 e. The molecule has 0 fully saturated rings. The van der Waals surface area contributed by atoms with Crippen LogP contribution in [-0.2, 0) is 27.1 Å². The normalized spacial score (nSPS) is 12.5. The van der Waals surface area contributed by atoms with Gasteiger partial charge in [0.1, 0.15) is 23.4 Å². The van der Waals surface area contributed by atoms with Gasteiger partial charge in [0.05, 0.1) is 11.9 Å². The second-order valence-electron chi connectivity index (χ2n) is 14.5. The van der Waals surface area contributed by atoms with Crippen molar-refractivity contribution in [1.82, 2.24) is 24.9 Å². The molecule has 8 aromatic rings. The third-order valence-corrected chi connectivity index (χ3v) is 10.0. The Hall–Kier alpha value is -7.80. The van der Waals surface area contributed by atoms with Crippen molar-refractivity contribution in [3.63, 3.8) is 0 Å². The number of ether oxygens (including phenoxy) is 2. The number of hydrogen-bond acceptors (Lipinski definition) is 11. The SMILES string of the molecule is CCOC(OCC)C(=O)Cc1ccccc1.Nc1ncc(-c2cccnc2)nc1-c1ccccc1.O=C1C(Cc2ccccc2)Nc2c(-c3ccccc3)nc(-c3cccnc3)c[n+]21. The molecule has 0 amide bonds. The molecule has 0 radical (unpaired) electrons. The summed E-state index contributed by atoms with van der Waals surface area (Å²) in [6.45, 7) is 4.65. The third kappa shape index (κ3) is 11.6. The first-order valence-corrected chi connectivity index (χ1v) is 21.1. The molecule has 0 spiro atoms. The molecule has 9 rings (SSSR count). The first kappa shape index (κ1) is 44.3. The summed E-state index contributed by atoms with van der Waals surface area (Å²) >= 11 is 0. The molecular weight excluding hydrogens is 801 g/mol. The van der Waals surface area contributed by atoms with Gasteiger partial charge < -0.3 is 15.2 Å². The predicted molar refractivity (Wildman–Crippen MR) is 249 cm³/mol. The lowest BCUT2D eigenvalue weighted by atomic mass is 10.1. The lowest BCUT2D eigenvalue weighted by Crippen LogP contribution is -2.43. The van der Waals surface area contributed by atoms with Crippen molar-refractivity contribution < 1.29 is 23.6 Å². The number of nitrogens with two attached hydrogens (primary N) is 1. The van der Waals surface area contributed by atoms with Gasteiger partial charge in [-0.05, 0) is 49.2 Å². The van der Waals surface area contributed by atoms with E-state index < -0.39 is 6.29 Å². The highest BCUT2D eigenvalue weighted by molar-refractivity contribution is 5.87. The van der Waals surface area contributed by atoms with Crippen molar-refractivity contribution in [2.24, 2.45) is 0 Å². The monoisotopic (exact) mass is 849 g/mol. The van der Waals surface area contributed by atoms with E-state index in [2.05, 4.69) is 25.3 Å². The van der Waals surface area contributed by atoms with Crippen molar-refractivity contribution in [3.05, 3.63) is 194 Å². The van der Waals surface area contributed by atoms with Gasteiger partial charge in [-0.25, -0.2) is 19.7 Å². The molecule has 12 nitrogen and oxygen atoms in total. The van der Waals surface area contributed by atoms with E-state index in [0.717, 1.165) is 56.3 Å². The van der Waals surface area contributed by atoms with Crippen LogP contribution in [0.1, 0.15) is 29.8 Å². The van der Waals surface area contributed by atoms with E-state index in [1.165, 1.54) is 0 Å². The molecule has 64 heavy (non-hydrogen) atoms. The molecule has 4 aromatic heterocycles. The second kappa shape index (κ2) is 22.3. The van der Waals surface area contributed by atoms with Gasteiger partial charge in [0, 0.05) is 73.1 Å². The molecule has 5 heterocycles. The molecule has 0 saturated carbocycles. The summed E-state index contributed by atoms with van der Waals surface area (Å²) in [7, 11) is 0. The van der Waals surface area contributed by atoms with E-state index in [9.17, 15) is 9.59 Å². The largest absolute Gasteiger partial charge is 0.382 e. The number of carbonyl (C=O) groups excluding carboxylic acids is 2. The summed E-state index contributed by atoms with van der Waals surface area (Å²) < 4.78 is 12.2. The Morgan fingerprint density at radius 3 is 1.69 bits per heavy atom. The number of anilines is 2. The van der Waals surface area contributed by atoms with Crippen LogP contribution in [0.4, 0.5) is 11.6 Å². The molecule has 3 N–H and O–H groups in total. The van der Waals surface area contributed by atoms with Crippen LogP contribution in [0.25, 0.3) is 45.0 Å². The van der Waals surface area contributed by atoms with Gasteiger partial charge in [0.25, 0.3) is 0 Å². The zero-order valence-corrected chi connectivity index (χ0v) is 35.7. The molecule has 1 aliphatic heterocycles. The fourth-order valence-corrected chi connectivity index (χ4v) is 6.93. The minimum Gasteiger partial charge on any atom is -0.382 e. The molecule has 4 aromatic carbocycles. The predicted octanol–water partition coefficient (Wildman–Crippen LogP) is 8.76. The van der Waals surface area contributed by atoms with Crippen molar-refractivity contribution in [1.29, 1.82) is 0 Å². The highest BCUT2D eigenvalue weighted by Gasteiger charge is 2.41. The van der Waals surface area contributed by atoms with E-state index in [-0.39, 0.29) is 17.7 Å². The topological polar surface area (TPSA) is 159 Å². The van der Waals surface area contributed by atoms with Crippen LogP contribution in [-0.4, -0.2) is 62.2 Å². The first-order valence-electron chi connectivity index (χ1n) is 21.1. The molecular formula is C52H49N8O4+. The van der Waals surface area contributed by atoms with Crippen LogP contribution < -0.4 is 15.6 Å². The molecule has 1 atom stereocenters. The summed E-state index contributed by atoms with van der Waals surface area (Å²) in [4.78, 5) is 47.0. The zero-order chi connectivity index (χ0) is 44.5. The maximum absolute atomic E-state index is 13.2. The van der Waals surface area contributed by atoms with Gasteiger partial charge in [-0.2, -0.15) is 4.57 Å². The lowest BCUT2D eigenvalue weighted by molar-refractivity contribution is -0.551. The van der Waals surface area contributed by atoms with Gasteiger partial charge in [-0.3, -0.25) is 20.1 Å². The zero-order valence-electron chi connectivity index (χ0n) is 35.7. The molecule has 0 saturated heterocycles. The number of pyridine rings is 2. The number of hydrogen-bond donors (Lipinski definition) is 2. The Kier molecular flexibility index (Phi) is 15.4. The van der Waals surface area contributed by atoms with Gasteiger partial charge in [0.2, 0.25) is 6.29 Å². The molecule has 0 aliphatic carbocycles. The number of rotatable bonds is 13. The Bertz CT molecular complexity index is 2710. The van der Waals surface area contributed by atoms with Crippen molar-refractivity contribution in [3.8, 4) is 45.0 Å². The molecule has 1 aliphatic rings. The fourth-order valence-electron chi connectivity index (χ4n) is 6.93. The number of benzene rings is 4. The van der Waals surface area contributed by atoms with E-state index >= 15 is 0 Å². The Morgan fingerprint density at radius 2 is 1.14 bits per heavy atom. The highest BCUT2D eigenvalue weighted by atomic mass is 16.7. The molecule has 1 unspecified atom stereocenters. The van der Waals surface area contributed by atoms with Crippen LogP contribution in [0.3, 0.4) is 0 Å². The van der Waals surface area contributed by atoms with Crippen LogP contribution in [0.2, 0.25) is 0 Å². The average Bonchev–Trinajstić information content (AvgIpc) is 3.67. The number of carbonyl (C=O) groups is 2. The Balaban J connectivity index is 0.000000152. The number of fused-ring (bicyclic) bond motifs is 1. The highest BCUT2D eigenvalue weighted by Crippen LogP contribution is 2.30. The van der Waals surface area contributed by atoms with E-state index in [0.29, 0.717) is 37.6 Å². The Labute approximate surface area is 372 Å². The maximum atomic E-state index is 13.2. The number of nitrogens with zero attached hydrogens (tertiary/aromatic N) is 6. The molecule has 0 bridgehead atoms. The quantitative estimate of drug-likeness (QED) is 0.0844. The minimum absolute atomic E-state index is 0.0218. The number of ketones is 1. The van der Waals surface area contributed by atoms with E-state index in [1.807, 2.05) is 159 Å². The van der Waals surface area contributed by atoms with Crippen molar-refractivity contribution in [2.75, 3.05) is 24.3 Å². The molecule has 12 heteroatoms. The number of nitrogen functional groups attached to an aromatic ring is 1. The fraction of sp³-hybridized carbons (Fsp3) is 0.154. The summed E-state index contributed by atoms with van der Waals surface area (Å²) in [5, 5.41) is 3.41. The van der Waals surface area contributed by atoms with Crippen LogP contribution in [0.5, 0.6) is 0 Å². The number of aromatic nitrogens is 6. The van der Waals surface area contributed by atoms with Crippen molar-refractivity contribution >= 4 is 23.3 Å². The van der Waals surface area contributed by atoms with Gasteiger partial charge in [0.15, 0.2) is 17.5 Å². The standard InChI is InChI=1S/C24H18N4O.C15H12N4.C13H18O3/c29-24-20(14-17-8-3-1-4-9-17)27-23-22(18-10-5-2-6-11-18)26-21(16-28(23)24)19-12-7-13-25-15-19;16-15-14(11-5-2-1-3-6-11)19-13(10-18-15)12-7-4-8-17-9-12;1-3-15-13(16-4-2)12(14)10-11-8-6-5-7-9-11/h1-13,15-16,20H,14H2;1-10H,(H2,16,18);5-9,13H,3-4,10H2,1-2H3/p+1. The van der Waals surface area contributed by atoms with Crippen LogP contribution >= 0.6 is 0 Å². The van der Waals surface area contributed by atoms with Gasteiger partial charge >= 0.3 is 11.7 Å². The summed E-state index contributed by atoms with van der Waals surface area (Å²) in [5.41, 5.74) is 14.7. The number of Topliss-reactive ketones (excluding diaryl/α,β-unsaturated/α-hetero) is 1. The number of nitrogens with one attached hydrogen (secondary N) is 1. The van der Waals surface area contributed by atoms with E-state index in [1.54, 1.807) is 41.7 Å². The first-order chi connectivity index (χ1) is 31.4. The minimum atomic E-state index is -0.727. The van der Waals surface area contributed by atoms with Crippen LogP contribution in [0.15, 0.2) is 183 Å². The van der Waals surface area contributed by atoms with E-state index in [4.69, 9.17) is 20.2 Å².